The summed E-state index contributed by atoms with van der Waals surface area (Å²) in [7, 11) is 3.15. The lowest BCUT2D eigenvalue weighted by atomic mass is 10.1. The zero-order chi connectivity index (χ0) is 13.1. The quantitative estimate of drug-likeness (QED) is 0.934. The lowest BCUT2D eigenvalue weighted by Gasteiger charge is -2.11. The number of methoxy groups -OCH3 is 2. The van der Waals surface area contributed by atoms with E-state index in [1.807, 2.05) is 11.4 Å². The molecular weight excluding hydrogens is 272 g/mol. The predicted octanol–water partition coefficient (Wildman–Crippen LogP) is 3.50. The van der Waals surface area contributed by atoms with Crippen molar-refractivity contribution < 1.29 is 14.6 Å². The van der Waals surface area contributed by atoms with Gasteiger partial charge in [0.2, 0.25) is 0 Å². The Morgan fingerprint density at radius 2 is 2.00 bits per heavy atom. The minimum atomic E-state index is -0.704. The van der Waals surface area contributed by atoms with Crippen molar-refractivity contribution in [1.82, 2.24) is 0 Å². The maximum Gasteiger partial charge on any atom is 0.137 e. The first-order valence-electron chi connectivity index (χ1n) is 5.29. The summed E-state index contributed by atoms with van der Waals surface area (Å²) < 4.78 is 10.2. The van der Waals surface area contributed by atoms with E-state index in [1.165, 1.54) is 11.3 Å². The molecule has 1 aromatic heterocycles. The molecule has 0 saturated heterocycles. The molecule has 1 aromatic carbocycles. The molecule has 5 heteroatoms. The Labute approximate surface area is 115 Å². The number of benzene rings is 1. The van der Waals surface area contributed by atoms with Gasteiger partial charge in [0.05, 0.1) is 19.2 Å². The van der Waals surface area contributed by atoms with Crippen molar-refractivity contribution in [2.75, 3.05) is 14.2 Å². The van der Waals surface area contributed by atoms with Gasteiger partial charge in [-0.15, -0.1) is 11.3 Å². The van der Waals surface area contributed by atoms with Gasteiger partial charge in [0.25, 0.3) is 0 Å². The van der Waals surface area contributed by atoms with E-state index in [4.69, 9.17) is 21.1 Å². The normalized spacial score (nSPS) is 12.2. The zero-order valence-corrected chi connectivity index (χ0v) is 11.6. The standard InChI is InChI=1S/C13H13ClO3S/c1-16-9-6-12(18-7-9)13(15)8-3-4-10(14)11(5-8)17-2/h3-7,13,15H,1-2H3. The van der Waals surface area contributed by atoms with Gasteiger partial charge in [-0.3, -0.25) is 0 Å². The minimum Gasteiger partial charge on any atom is -0.496 e. The number of hydrogen-bond acceptors (Lipinski definition) is 4. The number of hydrogen-bond donors (Lipinski definition) is 1. The van der Waals surface area contributed by atoms with Gasteiger partial charge in [0, 0.05) is 10.3 Å². The number of aliphatic hydroxyl groups excluding tert-OH is 1. The first kappa shape index (κ1) is 13.2. The van der Waals surface area contributed by atoms with Crippen molar-refractivity contribution in [3.63, 3.8) is 0 Å². The summed E-state index contributed by atoms with van der Waals surface area (Å²) in [6, 6.07) is 7.04. The molecule has 0 fully saturated rings. The second-order valence-electron chi connectivity index (χ2n) is 3.69. The van der Waals surface area contributed by atoms with Gasteiger partial charge in [0.1, 0.15) is 17.6 Å². The van der Waals surface area contributed by atoms with Crippen molar-refractivity contribution in [2.24, 2.45) is 0 Å². The Morgan fingerprint density at radius 3 is 2.61 bits per heavy atom. The Hall–Kier alpha value is -1.23. The second kappa shape index (κ2) is 5.61. The molecule has 0 saturated carbocycles. The summed E-state index contributed by atoms with van der Waals surface area (Å²) in [5.74, 6) is 1.30. The molecule has 1 N–H and O–H groups in total. The van der Waals surface area contributed by atoms with E-state index >= 15 is 0 Å². The predicted molar refractivity (Wildman–Crippen MR) is 72.9 cm³/mol. The molecule has 0 radical (unpaired) electrons. The Kier molecular flexibility index (Phi) is 4.11. The highest BCUT2D eigenvalue weighted by molar-refractivity contribution is 7.10. The second-order valence-corrected chi connectivity index (χ2v) is 5.04. The monoisotopic (exact) mass is 284 g/mol. The van der Waals surface area contributed by atoms with Crippen LogP contribution < -0.4 is 9.47 Å². The van der Waals surface area contributed by atoms with Crippen LogP contribution in [0.4, 0.5) is 0 Å². The molecule has 1 atom stereocenters. The van der Waals surface area contributed by atoms with Gasteiger partial charge in [-0.2, -0.15) is 0 Å². The number of ether oxygens (including phenoxy) is 2. The van der Waals surface area contributed by atoms with Crippen LogP contribution in [-0.2, 0) is 0 Å². The Balaban J connectivity index is 2.30. The molecule has 2 aromatic rings. The van der Waals surface area contributed by atoms with Gasteiger partial charge in [0.15, 0.2) is 0 Å². The lowest BCUT2D eigenvalue weighted by Crippen LogP contribution is -1.98. The molecular formula is C13H13ClO3S. The third-order valence-corrected chi connectivity index (χ3v) is 3.87. The van der Waals surface area contributed by atoms with Crippen LogP contribution >= 0.6 is 22.9 Å². The van der Waals surface area contributed by atoms with Crippen LogP contribution in [0, 0.1) is 0 Å². The van der Waals surface area contributed by atoms with Crippen LogP contribution in [0.2, 0.25) is 5.02 Å². The zero-order valence-electron chi connectivity index (χ0n) is 10.0. The molecule has 1 unspecified atom stereocenters. The molecule has 3 nitrogen and oxygen atoms in total. The van der Waals surface area contributed by atoms with E-state index in [-0.39, 0.29) is 0 Å². The average Bonchev–Trinajstić information content (AvgIpc) is 2.87. The van der Waals surface area contributed by atoms with Crippen LogP contribution in [0.5, 0.6) is 11.5 Å². The average molecular weight is 285 g/mol. The van der Waals surface area contributed by atoms with E-state index in [9.17, 15) is 5.11 Å². The van der Waals surface area contributed by atoms with E-state index in [0.29, 0.717) is 10.8 Å². The molecule has 0 aliphatic rings. The molecule has 2 rings (SSSR count). The van der Waals surface area contributed by atoms with Gasteiger partial charge in [-0.25, -0.2) is 0 Å². The summed E-state index contributed by atoms with van der Waals surface area (Å²) >= 11 is 7.40. The third-order valence-electron chi connectivity index (χ3n) is 2.59. The van der Waals surface area contributed by atoms with Crippen LogP contribution in [0.15, 0.2) is 29.6 Å². The highest BCUT2D eigenvalue weighted by Gasteiger charge is 2.15. The van der Waals surface area contributed by atoms with Crippen LogP contribution in [0.3, 0.4) is 0 Å². The van der Waals surface area contributed by atoms with Crippen molar-refractivity contribution in [3.05, 3.63) is 45.1 Å². The van der Waals surface area contributed by atoms with Crippen molar-refractivity contribution >= 4 is 22.9 Å². The Bertz CT molecular complexity index is 539. The summed E-state index contributed by atoms with van der Waals surface area (Å²) in [5, 5.41) is 12.6. The maximum atomic E-state index is 10.3. The van der Waals surface area contributed by atoms with Gasteiger partial charge in [-0.05, 0) is 23.8 Å². The summed E-state index contributed by atoms with van der Waals surface area (Å²) in [6.07, 6.45) is -0.704. The van der Waals surface area contributed by atoms with Crippen molar-refractivity contribution in [3.8, 4) is 11.5 Å². The molecule has 18 heavy (non-hydrogen) atoms. The van der Waals surface area contributed by atoms with Crippen molar-refractivity contribution in [1.29, 1.82) is 0 Å². The Morgan fingerprint density at radius 1 is 1.22 bits per heavy atom. The number of halogens is 1. The molecule has 0 aliphatic carbocycles. The molecule has 0 bridgehead atoms. The van der Waals surface area contributed by atoms with Gasteiger partial charge < -0.3 is 14.6 Å². The fourth-order valence-corrected chi connectivity index (χ4v) is 2.66. The minimum absolute atomic E-state index is 0.525. The summed E-state index contributed by atoms with van der Waals surface area (Å²) in [6.45, 7) is 0. The first-order chi connectivity index (χ1) is 8.65. The smallest absolute Gasteiger partial charge is 0.137 e. The largest absolute Gasteiger partial charge is 0.496 e. The highest BCUT2D eigenvalue weighted by atomic mass is 35.5. The van der Waals surface area contributed by atoms with E-state index in [0.717, 1.165) is 16.2 Å². The lowest BCUT2D eigenvalue weighted by molar-refractivity contribution is 0.223. The molecule has 0 aliphatic heterocycles. The molecule has 1 heterocycles. The van der Waals surface area contributed by atoms with Crippen LogP contribution in [-0.4, -0.2) is 19.3 Å². The molecule has 0 amide bonds. The van der Waals surface area contributed by atoms with E-state index in [1.54, 1.807) is 32.4 Å². The maximum absolute atomic E-state index is 10.3. The fourth-order valence-electron chi connectivity index (χ4n) is 1.60. The highest BCUT2D eigenvalue weighted by Crippen LogP contribution is 2.34. The summed E-state index contributed by atoms with van der Waals surface area (Å²) in [4.78, 5) is 0.816. The van der Waals surface area contributed by atoms with Crippen LogP contribution in [0.25, 0.3) is 0 Å². The third kappa shape index (κ3) is 2.61. The topological polar surface area (TPSA) is 38.7 Å². The van der Waals surface area contributed by atoms with Gasteiger partial charge >= 0.3 is 0 Å². The number of rotatable bonds is 4. The molecule has 0 spiro atoms. The SMILES string of the molecule is COc1csc(C(O)c2ccc(Cl)c(OC)c2)c1. The number of aliphatic hydroxyl groups is 1. The summed E-state index contributed by atoms with van der Waals surface area (Å²) in [5.41, 5.74) is 0.737. The molecule has 96 valence electrons. The first-order valence-corrected chi connectivity index (χ1v) is 6.55. The van der Waals surface area contributed by atoms with Gasteiger partial charge in [-0.1, -0.05) is 17.7 Å². The van der Waals surface area contributed by atoms with Crippen LogP contribution in [0.1, 0.15) is 16.5 Å². The fraction of sp³-hybridized carbons (Fsp3) is 0.231. The number of thiophene rings is 1. The van der Waals surface area contributed by atoms with E-state index < -0.39 is 6.10 Å². The van der Waals surface area contributed by atoms with E-state index in [2.05, 4.69) is 0 Å². The van der Waals surface area contributed by atoms with Crippen molar-refractivity contribution in [2.45, 2.75) is 6.10 Å².